The Bertz CT molecular complexity index is 568. The van der Waals surface area contributed by atoms with Crippen molar-refractivity contribution in [1.82, 2.24) is 0 Å². The molecule has 0 saturated carbocycles. The first-order chi connectivity index (χ1) is 9.60. The fourth-order valence-corrected chi connectivity index (χ4v) is 1.75. The minimum atomic E-state index is -0.231. The first kappa shape index (κ1) is 14.3. The normalized spacial score (nSPS) is 10.6. The molecular formula is C17H18O3. The van der Waals surface area contributed by atoms with Crippen LogP contribution in [0.2, 0.25) is 0 Å². The van der Waals surface area contributed by atoms with Crippen molar-refractivity contribution in [2.24, 2.45) is 5.92 Å². The maximum atomic E-state index is 11.5. The number of esters is 1. The lowest BCUT2D eigenvalue weighted by atomic mass is 10.0. The van der Waals surface area contributed by atoms with Gasteiger partial charge in [0.2, 0.25) is 0 Å². The van der Waals surface area contributed by atoms with Crippen LogP contribution in [0.5, 0.6) is 5.75 Å². The predicted octanol–water partition coefficient (Wildman–Crippen LogP) is 3.41. The molecule has 0 aliphatic rings. The highest BCUT2D eigenvalue weighted by Gasteiger charge is 2.09. The first-order valence-electron chi connectivity index (χ1n) is 6.62. The van der Waals surface area contributed by atoms with Crippen LogP contribution in [0.25, 0.3) is 11.1 Å². The van der Waals surface area contributed by atoms with Gasteiger partial charge < -0.3 is 9.84 Å². The summed E-state index contributed by atoms with van der Waals surface area (Å²) >= 11 is 0. The molecule has 0 radical (unpaired) electrons. The molecule has 0 saturated heterocycles. The van der Waals surface area contributed by atoms with Crippen molar-refractivity contribution in [2.45, 2.75) is 20.5 Å². The van der Waals surface area contributed by atoms with Crippen LogP contribution in [0.3, 0.4) is 0 Å². The van der Waals surface area contributed by atoms with Gasteiger partial charge in [-0.25, -0.2) is 0 Å². The van der Waals surface area contributed by atoms with E-state index < -0.39 is 0 Å². The third kappa shape index (κ3) is 3.45. The Balaban J connectivity index is 2.12. The van der Waals surface area contributed by atoms with Crippen LogP contribution in [0.1, 0.15) is 19.4 Å². The van der Waals surface area contributed by atoms with E-state index in [1.807, 2.05) is 36.4 Å². The third-order valence-corrected chi connectivity index (χ3v) is 3.01. The van der Waals surface area contributed by atoms with Gasteiger partial charge in [-0.2, -0.15) is 0 Å². The second kappa shape index (κ2) is 6.35. The highest BCUT2D eigenvalue weighted by atomic mass is 16.5. The monoisotopic (exact) mass is 270 g/mol. The molecule has 3 heteroatoms. The zero-order valence-corrected chi connectivity index (χ0v) is 11.7. The van der Waals surface area contributed by atoms with E-state index in [1.165, 1.54) is 0 Å². The van der Waals surface area contributed by atoms with Crippen molar-refractivity contribution in [3.63, 3.8) is 0 Å². The second-order valence-corrected chi connectivity index (χ2v) is 4.96. The number of aliphatic hydroxyl groups excluding tert-OH is 1. The van der Waals surface area contributed by atoms with Crippen molar-refractivity contribution in [3.05, 3.63) is 54.1 Å². The third-order valence-electron chi connectivity index (χ3n) is 3.01. The Hall–Kier alpha value is -2.13. The number of carbonyl (C=O) groups excluding carboxylic acids is 1. The second-order valence-electron chi connectivity index (χ2n) is 4.96. The lowest BCUT2D eigenvalue weighted by molar-refractivity contribution is -0.137. The maximum Gasteiger partial charge on any atom is 0.313 e. The molecule has 0 unspecified atom stereocenters. The fourth-order valence-electron chi connectivity index (χ4n) is 1.75. The molecule has 0 spiro atoms. The van der Waals surface area contributed by atoms with E-state index in [2.05, 4.69) is 0 Å². The van der Waals surface area contributed by atoms with Gasteiger partial charge in [0.15, 0.2) is 0 Å². The molecule has 0 bridgehead atoms. The summed E-state index contributed by atoms with van der Waals surface area (Å²) in [6.45, 7) is 3.66. The fraction of sp³-hybridized carbons (Fsp3) is 0.235. The number of hydrogen-bond donors (Lipinski definition) is 1. The van der Waals surface area contributed by atoms with Crippen LogP contribution in [0, 0.1) is 5.92 Å². The van der Waals surface area contributed by atoms with Gasteiger partial charge in [-0.1, -0.05) is 50.2 Å². The van der Waals surface area contributed by atoms with Crippen LogP contribution < -0.4 is 4.74 Å². The summed E-state index contributed by atoms with van der Waals surface area (Å²) in [5, 5.41) is 9.02. The molecule has 3 nitrogen and oxygen atoms in total. The average molecular weight is 270 g/mol. The van der Waals surface area contributed by atoms with E-state index in [9.17, 15) is 4.79 Å². The lowest BCUT2D eigenvalue weighted by Gasteiger charge is -2.08. The molecule has 0 aliphatic carbocycles. The van der Waals surface area contributed by atoms with Gasteiger partial charge in [-0.3, -0.25) is 4.79 Å². The largest absolute Gasteiger partial charge is 0.426 e. The highest BCUT2D eigenvalue weighted by molar-refractivity contribution is 5.74. The highest BCUT2D eigenvalue weighted by Crippen LogP contribution is 2.23. The zero-order valence-electron chi connectivity index (χ0n) is 11.7. The Morgan fingerprint density at radius 2 is 1.50 bits per heavy atom. The topological polar surface area (TPSA) is 46.5 Å². The van der Waals surface area contributed by atoms with Crippen molar-refractivity contribution >= 4 is 5.97 Å². The van der Waals surface area contributed by atoms with Crippen LogP contribution in [0.15, 0.2) is 48.5 Å². The number of aliphatic hydroxyl groups is 1. The summed E-state index contributed by atoms with van der Waals surface area (Å²) in [6, 6.07) is 15.1. The summed E-state index contributed by atoms with van der Waals surface area (Å²) in [5.41, 5.74) is 2.99. The molecule has 104 valence electrons. The smallest absolute Gasteiger partial charge is 0.313 e. The predicted molar refractivity (Wildman–Crippen MR) is 78.3 cm³/mol. The van der Waals surface area contributed by atoms with Crippen molar-refractivity contribution in [3.8, 4) is 16.9 Å². The molecule has 1 N–H and O–H groups in total. The summed E-state index contributed by atoms with van der Waals surface area (Å²) in [4.78, 5) is 11.5. The summed E-state index contributed by atoms with van der Waals surface area (Å²) in [6.07, 6.45) is 0. The number of benzene rings is 2. The van der Waals surface area contributed by atoms with Crippen LogP contribution >= 0.6 is 0 Å². The lowest BCUT2D eigenvalue weighted by Crippen LogP contribution is -2.14. The first-order valence-corrected chi connectivity index (χ1v) is 6.62. The average Bonchev–Trinajstić information content (AvgIpc) is 2.48. The maximum absolute atomic E-state index is 11.5. The standard InChI is InChI=1S/C17H18O3/c1-12(2)17(19)20-16-9-7-15(8-10-16)14-5-3-13(11-18)4-6-14/h3-10,12,18H,11H2,1-2H3. The Morgan fingerprint density at radius 3 is 1.95 bits per heavy atom. The molecule has 0 heterocycles. The van der Waals surface area contributed by atoms with E-state index in [0.29, 0.717) is 5.75 Å². The van der Waals surface area contributed by atoms with Crippen LogP contribution in [0.4, 0.5) is 0 Å². The molecule has 0 amide bonds. The van der Waals surface area contributed by atoms with Crippen LogP contribution in [-0.4, -0.2) is 11.1 Å². The molecular weight excluding hydrogens is 252 g/mol. The number of carbonyl (C=O) groups is 1. The molecule has 20 heavy (non-hydrogen) atoms. The molecule has 0 aromatic heterocycles. The van der Waals surface area contributed by atoms with Gasteiger partial charge >= 0.3 is 5.97 Å². The molecule has 2 aromatic carbocycles. The van der Waals surface area contributed by atoms with Gasteiger partial charge in [-0.05, 0) is 28.8 Å². The summed E-state index contributed by atoms with van der Waals surface area (Å²) in [5.74, 6) is 0.185. The Morgan fingerprint density at radius 1 is 1.00 bits per heavy atom. The quantitative estimate of drug-likeness (QED) is 0.684. The van der Waals surface area contributed by atoms with Gasteiger partial charge in [-0.15, -0.1) is 0 Å². The van der Waals surface area contributed by atoms with E-state index in [-0.39, 0.29) is 18.5 Å². The van der Waals surface area contributed by atoms with Crippen LogP contribution in [-0.2, 0) is 11.4 Å². The van der Waals surface area contributed by atoms with Crippen molar-refractivity contribution in [2.75, 3.05) is 0 Å². The van der Waals surface area contributed by atoms with E-state index >= 15 is 0 Å². The van der Waals surface area contributed by atoms with Crippen molar-refractivity contribution < 1.29 is 14.6 Å². The van der Waals surface area contributed by atoms with Gasteiger partial charge in [0, 0.05) is 0 Å². The van der Waals surface area contributed by atoms with Gasteiger partial charge in [0.1, 0.15) is 5.75 Å². The van der Waals surface area contributed by atoms with Gasteiger partial charge in [0.25, 0.3) is 0 Å². The minimum Gasteiger partial charge on any atom is -0.426 e. The molecule has 2 aromatic rings. The molecule has 2 rings (SSSR count). The zero-order chi connectivity index (χ0) is 14.5. The molecule has 0 atom stereocenters. The molecule has 0 aliphatic heterocycles. The summed E-state index contributed by atoms with van der Waals surface area (Å²) in [7, 11) is 0. The van der Waals surface area contributed by atoms with Crippen molar-refractivity contribution in [1.29, 1.82) is 0 Å². The summed E-state index contributed by atoms with van der Waals surface area (Å²) < 4.78 is 5.23. The number of rotatable bonds is 4. The SMILES string of the molecule is CC(C)C(=O)Oc1ccc(-c2ccc(CO)cc2)cc1. The molecule has 0 fully saturated rings. The van der Waals surface area contributed by atoms with Gasteiger partial charge in [0.05, 0.1) is 12.5 Å². The number of hydrogen-bond acceptors (Lipinski definition) is 3. The Labute approximate surface area is 118 Å². The Kier molecular flexibility index (Phi) is 4.53. The van der Waals surface area contributed by atoms with E-state index in [4.69, 9.17) is 9.84 Å². The van der Waals surface area contributed by atoms with E-state index in [0.717, 1.165) is 16.7 Å². The minimum absolute atomic E-state index is 0.0460. The number of ether oxygens (including phenoxy) is 1. The van der Waals surface area contributed by atoms with E-state index in [1.54, 1.807) is 26.0 Å².